The van der Waals surface area contributed by atoms with Crippen LogP contribution in [-0.2, 0) is 27.8 Å². The van der Waals surface area contributed by atoms with Gasteiger partial charge in [0.05, 0.1) is 6.61 Å². The van der Waals surface area contributed by atoms with Crippen LogP contribution in [0.25, 0.3) is 0 Å². The molecule has 0 aromatic rings. The summed E-state index contributed by atoms with van der Waals surface area (Å²) in [6.45, 7) is 4.44. The molecular weight excluding hydrogens is 244 g/mol. The van der Waals surface area contributed by atoms with Crippen LogP contribution in [0.1, 0.15) is 26.7 Å². The van der Waals surface area contributed by atoms with E-state index >= 15 is 0 Å². The fraction of sp³-hybridized carbons (Fsp3) is 0.900. The summed E-state index contributed by atoms with van der Waals surface area (Å²) in [5.74, 6) is -0.378. The van der Waals surface area contributed by atoms with Gasteiger partial charge in [0.25, 0.3) is 0 Å². The number of hydrogen-bond acceptors (Lipinski definition) is 6. The highest BCUT2D eigenvalue weighted by atomic mass is 28.4. The first-order chi connectivity index (χ1) is 8.14. The van der Waals surface area contributed by atoms with Gasteiger partial charge in [-0.15, -0.1) is 0 Å². The molecule has 0 aromatic carbocycles. The number of carbonyl (C=O) groups is 1. The van der Waals surface area contributed by atoms with Gasteiger partial charge >= 0.3 is 14.8 Å². The van der Waals surface area contributed by atoms with Crippen molar-refractivity contribution >= 4 is 14.8 Å². The molecule has 17 heavy (non-hydrogen) atoms. The summed E-state index contributed by atoms with van der Waals surface area (Å²) in [5.41, 5.74) is 0. The molecule has 0 N–H and O–H groups in total. The molecule has 0 radical (unpaired) electrons. The Kier molecular flexibility index (Phi) is 9.28. The van der Waals surface area contributed by atoms with Crippen molar-refractivity contribution in [3.8, 4) is 0 Å². The zero-order valence-corrected chi connectivity index (χ0v) is 12.0. The maximum absolute atomic E-state index is 10.8. The second-order valence-corrected chi connectivity index (χ2v) is 6.23. The van der Waals surface area contributed by atoms with Crippen LogP contribution in [0.5, 0.6) is 0 Å². The Labute approximate surface area is 103 Å². The van der Waals surface area contributed by atoms with Crippen molar-refractivity contribution in [2.45, 2.75) is 32.7 Å². The van der Waals surface area contributed by atoms with Crippen molar-refractivity contribution in [1.29, 1.82) is 0 Å². The predicted molar refractivity (Wildman–Crippen MR) is 63.2 cm³/mol. The minimum atomic E-state index is -2.55. The molecule has 0 aliphatic rings. The van der Waals surface area contributed by atoms with E-state index in [4.69, 9.17) is 18.2 Å². The van der Waals surface area contributed by atoms with Crippen LogP contribution >= 0.6 is 0 Å². The van der Waals surface area contributed by atoms with E-state index in [-0.39, 0.29) is 5.97 Å². The molecule has 0 aliphatic heterocycles. The molecule has 0 fully saturated rings. The van der Waals surface area contributed by atoms with E-state index in [1.165, 1.54) is 0 Å². The Morgan fingerprint density at radius 1 is 1.18 bits per heavy atom. The van der Waals surface area contributed by atoms with Crippen molar-refractivity contribution in [1.82, 2.24) is 0 Å². The van der Waals surface area contributed by atoms with Gasteiger partial charge in [0, 0.05) is 33.3 Å². The topological polar surface area (TPSA) is 63.2 Å². The van der Waals surface area contributed by atoms with Crippen LogP contribution in [0.2, 0.25) is 6.04 Å². The van der Waals surface area contributed by atoms with Gasteiger partial charge in [0.15, 0.2) is 0 Å². The second-order valence-electron chi connectivity index (χ2n) is 3.26. The third kappa shape index (κ3) is 6.74. The average Bonchev–Trinajstić information content (AvgIpc) is 2.36. The summed E-state index contributed by atoms with van der Waals surface area (Å²) in [6.07, 6.45) is 0.943. The third-order valence-corrected chi connectivity index (χ3v) is 5.08. The van der Waals surface area contributed by atoms with Gasteiger partial charge in [-0.3, -0.25) is 4.89 Å². The van der Waals surface area contributed by atoms with Crippen molar-refractivity contribution in [2.24, 2.45) is 0 Å². The molecule has 0 amide bonds. The lowest BCUT2D eigenvalue weighted by atomic mass is 10.5. The molecule has 6 nitrogen and oxygen atoms in total. The molecule has 0 saturated carbocycles. The van der Waals surface area contributed by atoms with Gasteiger partial charge in [0.2, 0.25) is 0 Å². The zero-order chi connectivity index (χ0) is 13.1. The lowest BCUT2D eigenvalue weighted by Crippen LogP contribution is -2.43. The highest BCUT2D eigenvalue weighted by molar-refractivity contribution is 6.60. The van der Waals surface area contributed by atoms with Crippen LogP contribution in [-0.4, -0.2) is 42.2 Å². The molecule has 0 unspecified atom stereocenters. The Morgan fingerprint density at radius 2 is 1.82 bits per heavy atom. The summed E-state index contributed by atoms with van der Waals surface area (Å²) in [4.78, 5) is 20.0. The van der Waals surface area contributed by atoms with E-state index in [1.54, 1.807) is 21.1 Å². The van der Waals surface area contributed by atoms with E-state index in [2.05, 4.69) is 4.89 Å². The summed E-state index contributed by atoms with van der Waals surface area (Å²) in [6, 6.07) is 0.623. The summed E-state index contributed by atoms with van der Waals surface area (Å²) < 4.78 is 16.1. The fourth-order valence-corrected chi connectivity index (χ4v) is 3.18. The molecule has 0 aliphatic carbocycles. The SMILES string of the molecule is CCO[Si](CCCOOC(=O)CC)(OC)OC. The molecule has 0 aromatic heterocycles. The zero-order valence-electron chi connectivity index (χ0n) is 11.0. The Morgan fingerprint density at radius 3 is 2.29 bits per heavy atom. The first-order valence-corrected chi connectivity index (χ1v) is 7.63. The molecule has 0 saturated heterocycles. The van der Waals surface area contributed by atoms with E-state index in [1.807, 2.05) is 6.92 Å². The molecule has 0 atom stereocenters. The van der Waals surface area contributed by atoms with Crippen LogP contribution in [0.15, 0.2) is 0 Å². The van der Waals surface area contributed by atoms with Crippen LogP contribution in [0, 0.1) is 0 Å². The fourth-order valence-electron chi connectivity index (χ4n) is 1.21. The van der Waals surface area contributed by atoms with E-state index in [0.29, 0.717) is 32.1 Å². The molecule has 0 rings (SSSR count). The highest BCUT2D eigenvalue weighted by Crippen LogP contribution is 2.15. The Hall–Kier alpha value is -0.473. The molecule has 0 bridgehead atoms. The quantitative estimate of drug-likeness (QED) is 0.259. The second kappa shape index (κ2) is 9.55. The van der Waals surface area contributed by atoms with Gasteiger partial charge in [-0.1, -0.05) is 6.92 Å². The Bertz CT molecular complexity index is 207. The van der Waals surface area contributed by atoms with Crippen LogP contribution < -0.4 is 0 Å². The first-order valence-electron chi connectivity index (χ1n) is 5.70. The minimum absolute atomic E-state index is 0.299. The van der Waals surface area contributed by atoms with Crippen molar-refractivity contribution in [3.05, 3.63) is 0 Å². The monoisotopic (exact) mass is 266 g/mol. The van der Waals surface area contributed by atoms with Crippen LogP contribution in [0.4, 0.5) is 0 Å². The van der Waals surface area contributed by atoms with Crippen molar-refractivity contribution in [2.75, 3.05) is 27.4 Å². The predicted octanol–water partition coefficient (Wildman–Crippen LogP) is 1.53. The van der Waals surface area contributed by atoms with Crippen LogP contribution in [0.3, 0.4) is 0 Å². The number of rotatable bonds is 10. The third-order valence-electron chi connectivity index (χ3n) is 2.14. The minimum Gasteiger partial charge on any atom is -0.377 e. The summed E-state index contributed by atoms with van der Waals surface area (Å²) in [5, 5.41) is 0. The largest absolute Gasteiger partial charge is 0.500 e. The molecule has 102 valence electrons. The van der Waals surface area contributed by atoms with E-state index in [9.17, 15) is 4.79 Å². The van der Waals surface area contributed by atoms with Crippen molar-refractivity contribution < 1.29 is 27.8 Å². The Balaban J connectivity index is 3.78. The number of carbonyl (C=O) groups excluding carboxylic acids is 1. The van der Waals surface area contributed by atoms with E-state index < -0.39 is 8.80 Å². The molecular formula is C10H22O6Si. The summed E-state index contributed by atoms with van der Waals surface area (Å²) in [7, 11) is 0.596. The van der Waals surface area contributed by atoms with Crippen molar-refractivity contribution in [3.63, 3.8) is 0 Å². The standard InChI is InChI=1S/C10H22O6Si/c1-5-10(11)16-14-8-7-9-17(12-3,13-4)15-6-2/h5-9H2,1-4H3. The molecule has 7 heteroatoms. The van der Waals surface area contributed by atoms with Gasteiger partial charge in [-0.2, -0.15) is 4.89 Å². The smallest absolute Gasteiger partial charge is 0.377 e. The summed E-state index contributed by atoms with van der Waals surface area (Å²) >= 11 is 0. The number of hydrogen-bond donors (Lipinski definition) is 0. The maximum atomic E-state index is 10.8. The maximum Gasteiger partial charge on any atom is 0.500 e. The van der Waals surface area contributed by atoms with E-state index in [0.717, 1.165) is 0 Å². The lowest BCUT2D eigenvalue weighted by Gasteiger charge is -2.25. The first kappa shape index (κ1) is 16.5. The van der Waals surface area contributed by atoms with Gasteiger partial charge in [-0.05, 0) is 13.3 Å². The van der Waals surface area contributed by atoms with Gasteiger partial charge in [0.1, 0.15) is 0 Å². The van der Waals surface area contributed by atoms with Gasteiger partial charge < -0.3 is 13.3 Å². The highest BCUT2D eigenvalue weighted by Gasteiger charge is 2.37. The lowest BCUT2D eigenvalue weighted by molar-refractivity contribution is -0.272. The molecule has 0 spiro atoms. The van der Waals surface area contributed by atoms with Gasteiger partial charge in [-0.25, -0.2) is 4.79 Å². The molecule has 0 heterocycles. The average molecular weight is 266 g/mol. The normalized spacial score (nSPS) is 11.5.